The number of anilines is 2. The Hall–Kier alpha value is -2.18. The van der Waals surface area contributed by atoms with E-state index in [1.54, 1.807) is 11.0 Å². The Bertz CT molecular complexity index is 595. The molecule has 6 heteroatoms. The van der Waals surface area contributed by atoms with E-state index in [-0.39, 0.29) is 0 Å². The van der Waals surface area contributed by atoms with Crippen molar-refractivity contribution in [2.45, 2.75) is 12.2 Å². The summed E-state index contributed by atoms with van der Waals surface area (Å²) in [6, 6.07) is 11.2. The summed E-state index contributed by atoms with van der Waals surface area (Å²) in [5.41, 5.74) is 6.71. The summed E-state index contributed by atoms with van der Waals surface area (Å²) < 4.78 is 0. The van der Waals surface area contributed by atoms with Crippen LogP contribution in [0.2, 0.25) is 0 Å². The van der Waals surface area contributed by atoms with Crippen LogP contribution in [0.15, 0.2) is 36.4 Å². The van der Waals surface area contributed by atoms with E-state index < -0.39 is 12.2 Å². The Morgan fingerprint density at radius 2 is 1.70 bits per heavy atom. The van der Waals surface area contributed by atoms with Gasteiger partial charge in [-0.1, -0.05) is 30.3 Å². The van der Waals surface area contributed by atoms with E-state index >= 15 is 0 Å². The van der Waals surface area contributed by atoms with Gasteiger partial charge in [0.25, 0.3) is 0 Å². The Morgan fingerprint density at radius 3 is 2.35 bits per heavy atom. The van der Waals surface area contributed by atoms with Crippen LogP contribution in [0.4, 0.5) is 11.6 Å². The van der Waals surface area contributed by atoms with Gasteiger partial charge in [0.05, 0.1) is 12.2 Å². The second-order valence-electron chi connectivity index (χ2n) is 4.88. The average Bonchev–Trinajstić information content (AvgIpc) is 2.79. The number of benzene rings is 1. The predicted molar refractivity (Wildman–Crippen MR) is 76.1 cm³/mol. The van der Waals surface area contributed by atoms with Gasteiger partial charge in [0, 0.05) is 24.7 Å². The highest BCUT2D eigenvalue weighted by Gasteiger charge is 2.30. The van der Waals surface area contributed by atoms with Gasteiger partial charge in [-0.25, -0.2) is 9.97 Å². The number of nitrogens with two attached hydrogens (primary N) is 1. The summed E-state index contributed by atoms with van der Waals surface area (Å²) in [7, 11) is 0. The highest BCUT2D eigenvalue weighted by atomic mass is 16.3. The minimum atomic E-state index is -0.758. The molecule has 1 aromatic carbocycles. The minimum absolute atomic E-state index is 0.339. The van der Waals surface area contributed by atoms with Crippen molar-refractivity contribution in [2.75, 3.05) is 23.7 Å². The Kier molecular flexibility index (Phi) is 3.25. The quantitative estimate of drug-likeness (QED) is 0.726. The molecular weight excluding hydrogens is 256 g/mol. The molecule has 4 N–H and O–H groups in total. The number of nitrogens with zero attached hydrogens (tertiary/aromatic N) is 3. The van der Waals surface area contributed by atoms with E-state index in [0.29, 0.717) is 30.5 Å². The van der Waals surface area contributed by atoms with Crippen LogP contribution in [0.1, 0.15) is 0 Å². The van der Waals surface area contributed by atoms with Gasteiger partial charge in [-0.2, -0.15) is 0 Å². The summed E-state index contributed by atoms with van der Waals surface area (Å²) in [4.78, 5) is 10.5. The van der Waals surface area contributed by atoms with Crippen molar-refractivity contribution in [2.24, 2.45) is 0 Å². The van der Waals surface area contributed by atoms with E-state index in [1.807, 2.05) is 30.3 Å². The molecule has 1 saturated heterocycles. The van der Waals surface area contributed by atoms with Crippen molar-refractivity contribution in [3.8, 4) is 11.4 Å². The third kappa shape index (κ3) is 2.43. The van der Waals surface area contributed by atoms with Gasteiger partial charge in [0.15, 0.2) is 5.82 Å². The van der Waals surface area contributed by atoms with Crippen LogP contribution >= 0.6 is 0 Å². The number of nitrogen functional groups attached to an aromatic ring is 1. The maximum atomic E-state index is 9.62. The molecule has 0 saturated carbocycles. The van der Waals surface area contributed by atoms with E-state index in [0.717, 1.165) is 5.56 Å². The van der Waals surface area contributed by atoms with Crippen molar-refractivity contribution in [1.82, 2.24) is 9.97 Å². The molecule has 2 atom stereocenters. The molecule has 2 unspecified atom stereocenters. The molecule has 0 aliphatic carbocycles. The first kappa shape index (κ1) is 12.8. The lowest BCUT2D eigenvalue weighted by atomic mass is 10.2. The average molecular weight is 272 g/mol. The molecule has 104 valence electrons. The summed E-state index contributed by atoms with van der Waals surface area (Å²) in [5.74, 6) is 1.52. The molecule has 3 rings (SSSR count). The lowest BCUT2D eigenvalue weighted by Gasteiger charge is -2.17. The zero-order valence-corrected chi connectivity index (χ0v) is 10.8. The molecule has 0 radical (unpaired) electrons. The molecule has 1 aliphatic heterocycles. The maximum Gasteiger partial charge on any atom is 0.163 e. The molecule has 2 heterocycles. The largest absolute Gasteiger partial charge is 0.389 e. The molecule has 20 heavy (non-hydrogen) atoms. The number of aliphatic hydroxyl groups excluding tert-OH is 2. The van der Waals surface area contributed by atoms with Crippen LogP contribution in [0.25, 0.3) is 11.4 Å². The van der Waals surface area contributed by atoms with Crippen LogP contribution in [-0.4, -0.2) is 45.5 Å². The number of aliphatic hydroxyl groups is 2. The standard InChI is InChI=1S/C14H16N4O2/c15-12-6-13(18-7-10(19)11(20)8-18)17-14(16-12)9-4-2-1-3-5-9/h1-6,10-11,19-20H,7-8H2,(H2,15,16,17). The van der Waals surface area contributed by atoms with Gasteiger partial charge in [-0.15, -0.1) is 0 Å². The van der Waals surface area contributed by atoms with Crippen LogP contribution < -0.4 is 10.6 Å². The number of rotatable bonds is 2. The molecule has 0 amide bonds. The van der Waals surface area contributed by atoms with E-state index in [9.17, 15) is 10.2 Å². The van der Waals surface area contributed by atoms with Crippen molar-refractivity contribution in [1.29, 1.82) is 0 Å². The van der Waals surface area contributed by atoms with Crippen LogP contribution in [-0.2, 0) is 0 Å². The Morgan fingerprint density at radius 1 is 1.05 bits per heavy atom. The van der Waals surface area contributed by atoms with Gasteiger partial charge in [0.2, 0.25) is 0 Å². The van der Waals surface area contributed by atoms with Gasteiger partial charge < -0.3 is 20.8 Å². The van der Waals surface area contributed by atoms with Gasteiger partial charge in [-0.05, 0) is 0 Å². The first-order chi connectivity index (χ1) is 9.63. The van der Waals surface area contributed by atoms with Crippen LogP contribution in [0.5, 0.6) is 0 Å². The first-order valence-corrected chi connectivity index (χ1v) is 6.44. The molecule has 1 fully saturated rings. The topological polar surface area (TPSA) is 95.5 Å². The van der Waals surface area contributed by atoms with Crippen molar-refractivity contribution in [3.05, 3.63) is 36.4 Å². The molecule has 1 aromatic heterocycles. The zero-order chi connectivity index (χ0) is 14.1. The predicted octanol–water partition coefficient (Wildman–Crippen LogP) is 0.268. The number of aromatic nitrogens is 2. The van der Waals surface area contributed by atoms with Crippen molar-refractivity contribution < 1.29 is 10.2 Å². The van der Waals surface area contributed by atoms with Gasteiger partial charge in [0.1, 0.15) is 11.6 Å². The van der Waals surface area contributed by atoms with Crippen LogP contribution in [0, 0.1) is 0 Å². The summed E-state index contributed by atoms with van der Waals surface area (Å²) >= 11 is 0. The molecule has 0 spiro atoms. The Balaban J connectivity index is 1.96. The van der Waals surface area contributed by atoms with E-state index in [4.69, 9.17) is 5.73 Å². The maximum absolute atomic E-state index is 9.62. The fraction of sp³-hybridized carbons (Fsp3) is 0.286. The summed E-state index contributed by atoms with van der Waals surface area (Å²) in [5, 5.41) is 19.2. The summed E-state index contributed by atoms with van der Waals surface area (Å²) in [6.07, 6.45) is -1.52. The minimum Gasteiger partial charge on any atom is -0.389 e. The number of β-amino-alcohol motifs (C(OH)–C–C–N with tert-alkyl or cyclic N) is 2. The first-order valence-electron chi connectivity index (χ1n) is 6.44. The van der Waals surface area contributed by atoms with Crippen LogP contribution in [0.3, 0.4) is 0 Å². The van der Waals surface area contributed by atoms with Crippen molar-refractivity contribution >= 4 is 11.6 Å². The molecule has 0 bridgehead atoms. The number of hydrogen-bond donors (Lipinski definition) is 3. The normalized spacial score (nSPS) is 22.2. The zero-order valence-electron chi connectivity index (χ0n) is 10.8. The fourth-order valence-corrected chi connectivity index (χ4v) is 2.29. The third-order valence-electron chi connectivity index (χ3n) is 3.35. The SMILES string of the molecule is Nc1cc(N2CC(O)C(O)C2)nc(-c2ccccc2)n1. The monoisotopic (exact) mass is 272 g/mol. The second kappa shape index (κ2) is 5.07. The van der Waals surface area contributed by atoms with Gasteiger partial charge >= 0.3 is 0 Å². The molecule has 2 aromatic rings. The fourth-order valence-electron chi connectivity index (χ4n) is 2.29. The Labute approximate surface area is 116 Å². The highest BCUT2D eigenvalue weighted by molar-refractivity contribution is 5.61. The molecular formula is C14H16N4O2. The lowest BCUT2D eigenvalue weighted by Crippen LogP contribution is -2.22. The molecule has 1 aliphatic rings. The van der Waals surface area contributed by atoms with E-state index in [1.165, 1.54) is 0 Å². The van der Waals surface area contributed by atoms with Crippen molar-refractivity contribution in [3.63, 3.8) is 0 Å². The smallest absolute Gasteiger partial charge is 0.163 e. The third-order valence-corrected chi connectivity index (χ3v) is 3.35. The summed E-state index contributed by atoms with van der Waals surface area (Å²) in [6.45, 7) is 0.678. The van der Waals surface area contributed by atoms with Gasteiger partial charge in [-0.3, -0.25) is 0 Å². The second-order valence-corrected chi connectivity index (χ2v) is 4.88. The van der Waals surface area contributed by atoms with E-state index in [2.05, 4.69) is 9.97 Å². The highest BCUT2D eigenvalue weighted by Crippen LogP contribution is 2.24. The lowest BCUT2D eigenvalue weighted by molar-refractivity contribution is 0.0572. The number of hydrogen-bond acceptors (Lipinski definition) is 6. The molecule has 6 nitrogen and oxygen atoms in total.